The summed E-state index contributed by atoms with van der Waals surface area (Å²) in [7, 11) is 0. The standard InChI is InChI=1S/C12H20N2O4/c1-3-7(2)10(12(17)18)14-11(16)8-4-5-9(15)13-6-8/h7-8,10H,3-6H2,1-2H3,(H,13,15)(H,14,16)(H,17,18)/t7-,8+,10-/m0/s1. The third-order valence-corrected chi connectivity index (χ3v) is 3.41. The number of piperidine rings is 1. The molecule has 1 fully saturated rings. The number of carbonyl (C=O) groups is 3. The van der Waals surface area contributed by atoms with Crippen molar-refractivity contribution in [3.8, 4) is 0 Å². The quantitative estimate of drug-likeness (QED) is 0.651. The van der Waals surface area contributed by atoms with E-state index in [4.69, 9.17) is 5.11 Å². The highest BCUT2D eigenvalue weighted by atomic mass is 16.4. The highest BCUT2D eigenvalue weighted by molar-refractivity contribution is 5.87. The number of hydrogen-bond donors (Lipinski definition) is 3. The summed E-state index contributed by atoms with van der Waals surface area (Å²) in [5.74, 6) is -1.81. The molecule has 18 heavy (non-hydrogen) atoms. The van der Waals surface area contributed by atoms with Crippen molar-refractivity contribution in [2.45, 2.75) is 39.2 Å². The van der Waals surface area contributed by atoms with Crippen LogP contribution < -0.4 is 10.6 Å². The third-order valence-electron chi connectivity index (χ3n) is 3.41. The van der Waals surface area contributed by atoms with Gasteiger partial charge in [-0.15, -0.1) is 0 Å². The van der Waals surface area contributed by atoms with E-state index in [2.05, 4.69) is 10.6 Å². The largest absolute Gasteiger partial charge is 0.480 e. The van der Waals surface area contributed by atoms with E-state index >= 15 is 0 Å². The molecule has 0 aliphatic carbocycles. The molecule has 3 N–H and O–H groups in total. The Morgan fingerprint density at radius 3 is 2.67 bits per heavy atom. The highest BCUT2D eigenvalue weighted by Crippen LogP contribution is 2.13. The van der Waals surface area contributed by atoms with Gasteiger partial charge in [0.15, 0.2) is 0 Å². The van der Waals surface area contributed by atoms with Crippen molar-refractivity contribution in [3.63, 3.8) is 0 Å². The van der Waals surface area contributed by atoms with E-state index in [1.54, 1.807) is 6.92 Å². The lowest BCUT2D eigenvalue weighted by molar-refractivity contribution is -0.144. The average Bonchev–Trinajstić information content (AvgIpc) is 2.35. The molecule has 1 aliphatic rings. The number of aliphatic carboxylic acids is 1. The fourth-order valence-corrected chi connectivity index (χ4v) is 1.91. The fraction of sp³-hybridized carbons (Fsp3) is 0.750. The summed E-state index contributed by atoms with van der Waals surface area (Å²) >= 11 is 0. The first-order valence-corrected chi connectivity index (χ1v) is 6.25. The molecule has 0 aromatic heterocycles. The highest BCUT2D eigenvalue weighted by Gasteiger charge is 2.30. The van der Waals surface area contributed by atoms with E-state index in [1.807, 2.05) is 6.92 Å². The third kappa shape index (κ3) is 3.72. The maximum absolute atomic E-state index is 11.9. The zero-order chi connectivity index (χ0) is 13.7. The van der Waals surface area contributed by atoms with Gasteiger partial charge in [-0.25, -0.2) is 4.79 Å². The van der Waals surface area contributed by atoms with Gasteiger partial charge in [0.05, 0.1) is 5.92 Å². The van der Waals surface area contributed by atoms with E-state index in [-0.39, 0.29) is 30.2 Å². The summed E-state index contributed by atoms with van der Waals surface area (Å²) in [6, 6.07) is -0.861. The molecule has 102 valence electrons. The van der Waals surface area contributed by atoms with Crippen LogP contribution in [0.3, 0.4) is 0 Å². The molecule has 1 aliphatic heterocycles. The van der Waals surface area contributed by atoms with E-state index in [9.17, 15) is 14.4 Å². The minimum Gasteiger partial charge on any atom is -0.480 e. The second-order valence-corrected chi connectivity index (χ2v) is 4.75. The Morgan fingerprint density at radius 1 is 1.56 bits per heavy atom. The van der Waals surface area contributed by atoms with Gasteiger partial charge in [-0.1, -0.05) is 20.3 Å². The molecule has 0 aromatic rings. The van der Waals surface area contributed by atoms with Gasteiger partial charge < -0.3 is 15.7 Å². The van der Waals surface area contributed by atoms with Crippen LogP contribution in [0.15, 0.2) is 0 Å². The molecule has 0 radical (unpaired) electrons. The first-order valence-electron chi connectivity index (χ1n) is 6.25. The van der Waals surface area contributed by atoms with Crippen LogP contribution in [0.4, 0.5) is 0 Å². The van der Waals surface area contributed by atoms with Crippen molar-refractivity contribution >= 4 is 17.8 Å². The van der Waals surface area contributed by atoms with Crippen LogP contribution >= 0.6 is 0 Å². The maximum atomic E-state index is 11.9. The molecule has 1 saturated heterocycles. The molecule has 0 spiro atoms. The SMILES string of the molecule is CC[C@H](C)[C@H](NC(=O)[C@@H]1CCC(=O)NC1)C(=O)O. The lowest BCUT2D eigenvalue weighted by Crippen LogP contribution is -2.50. The van der Waals surface area contributed by atoms with E-state index in [0.717, 1.165) is 0 Å². The first-order chi connectivity index (χ1) is 8.45. The molecular formula is C12H20N2O4. The van der Waals surface area contributed by atoms with Crippen LogP contribution in [0.25, 0.3) is 0 Å². The Labute approximate surface area is 106 Å². The number of amides is 2. The summed E-state index contributed by atoms with van der Waals surface area (Å²) in [4.78, 5) is 34.0. The molecule has 3 atom stereocenters. The van der Waals surface area contributed by atoms with Gasteiger partial charge >= 0.3 is 5.97 Å². The molecule has 6 heteroatoms. The summed E-state index contributed by atoms with van der Waals surface area (Å²) < 4.78 is 0. The molecule has 2 amide bonds. The van der Waals surface area contributed by atoms with Gasteiger partial charge in [0, 0.05) is 13.0 Å². The van der Waals surface area contributed by atoms with Gasteiger partial charge in [0.1, 0.15) is 6.04 Å². The zero-order valence-corrected chi connectivity index (χ0v) is 10.7. The van der Waals surface area contributed by atoms with Crippen LogP contribution in [0.5, 0.6) is 0 Å². The number of hydrogen-bond acceptors (Lipinski definition) is 3. The van der Waals surface area contributed by atoms with Gasteiger partial charge in [0.25, 0.3) is 0 Å². The maximum Gasteiger partial charge on any atom is 0.326 e. The smallest absolute Gasteiger partial charge is 0.326 e. The molecule has 1 heterocycles. The van der Waals surface area contributed by atoms with Crippen molar-refractivity contribution in [2.75, 3.05) is 6.54 Å². The van der Waals surface area contributed by atoms with Crippen LogP contribution in [0, 0.1) is 11.8 Å². The number of carboxylic acid groups (broad SMARTS) is 1. The lowest BCUT2D eigenvalue weighted by atomic mass is 9.95. The van der Waals surface area contributed by atoms with Crippen molar-refractivity contribution < 1.29 is 19.5 Å². The van der Waals surface area contributed by atoms with E-state index in [0.29, 0.717) is 19.3 Å². The van der Waals surface area contributed by atoms with Crippen molar-refractivity contribution in [1.82, 2.24) is 10.6 Å². The lowest BCUT2D eigenvalue weighted by Gasteiger charge is -2.25. The Balaban J connectivity index is 2.56. The average molecular weight is 256 g/mol. The number of carbonyl (C=O) groups excluding carboxylic acids is 2. The second kappa shape index (κ2) is 6.37. The summed E-state index contributed by atoms with van der Waals surface area (Å²) in [6.07, 6.45) is 1.47. The fourth-order valence-electron chi connectivity index (χ4n) is 1.91. The summed E-state index contributed by atoms with van der Waals surface area (Å²) in [5, 5.41) is 14.3. The van der Waals surface area contributed by atoms with E-state index in [1.165, 1.54) is 0 Å². The zero-order valence-electron chi connectivity index (χ0n) is 10.7. The monoisotopic (exact) mass is 256 g/mol. The van der Waals surface area contributed by atoms with Crippen molar-refractivity contribution in [1.29, 1.82) is 0 Å². The minimum atomic E-state index is -1.02. The molecule has 0 saturated carbocycles. The summed E-state index contributed by atoms with van der Waals surface area (Å²) in [5.41, 5.74) is 0. The molecule has 1 rings (SSSR count). The second-order valence-electron chi connectivity index (χ2n) is 4.75. The van der Waals surface area contributed by atoms with Crippen LogP contribution in [-0.4, -0.2) is 35.5 Å². The van der Waals surface area contributed by atoms with Crippen LogP contribution in [0.2, 0.25) is 0 Å². The van der Waals surface area contributed by atoms with Gasteiger partial charge in [0.2, 0.25) is 11.8 Å². The first kappa shape index (κ1) is 14.5. The Bertz CT molecular complexity index is 333. The number of nitrogens with one attached hydrogen (secondary N) is 2. The molecule has 0 unspecified atom stereocenters. The molecule has 0 aromatic carbocycles. The predicted molar refractivity (Wildman–Crippen MR) is 64.8 cm³/mol. The number of carboxylic acids is 1. The number of rotatable bonds is 5. The van der Waals surface area contributed by atoms with Crippen molar-refractivity contribution in [3.05, 3.63) is 0 Å². The Hall–Kier alpha value is -1.59. The topological polar surface area (TPSA) is 95.5 Å². The Morgan fingerprint density at radius 2 is 2.22 bits per heavy atom. The normalized spacial score (nSPS) is 22.8. The van der Waals surface area contributed by atoms with Crippen LogP contribution in [0.1, 0.15) is 33.1 Å². The van der Waals surface area contributed by atoms with Crippen molar-refractivity contribution in [2.24, 2.45) is 11.8 Å². The van der Waals surface area contributed by atoms with E-state index < -0.39 is 12.0 Å². The Kier molecular flexibility index (Phi) is 5.12. The molecule has 6 nitrogen and oxygen atoms in total. The minimum absolute atomic E-state index is 0.0595. The van der Waals surface area contributed by atoms with Gasteiger partial charge in [-0.3, -0.25) is 9.59 Å². The van der Waals surface area contributed by atoms with Gasteiger partial charge in [-0.05, 0) is 12.3 Å². The molecule has 0 bridgehead atoms. The predicted octanol–water partition coefficient (Wildman–Crippen LogP) is 0.128. The van der Waals surface area contributed by atoms with Gasteiger partial charge in [-0.2, -0.15) is 0 Å². The molecular weight excluding hydrogens is 236 g/mol. The van der Waals surface area contributed by atoms with Crippen LogP contribution in [-0.2, 0) is 14.4 Å². The summed E-state index contributed by atoms with van der Waals surface area (Å²) in [6.45, 7) is 3.97.